The van der Waals surface area contributed by atoms with Crippen molar-refractivity contribution in [2.75, 3.05) is 0 Å². The molecule has 1 aromatic carbocycles. The first-order valence-electron chi connectivity index (χ1n) is 4.04. The largest absolute Gasteiger partial charge is 0.501 e. The van der Waals surface area contributed by atoms with Crippen molar-refractivity contribution in [3.8, 4) is 0 Å². The Balaban J connectivity index is 2.36. The van der Waals surface area contributed by atoms with Crippen molar-refractivity contribution in [2.45, 2.75) is 6.10 Å². The lowest BCUT2D eigenvalue weighted by molar-refractivity contribution is -0.142. The van der Waals surface area contributed by atoms with Gasteiger partial charge in [-0.1, -0.05) is 30.3 Å². The third kappa shape index (κ3) is 1.50. The van der Waals surface area contributed by atoms with Crippen molar-refractivity contribution >= 4 is 28.6 Å². The Morgan fingerprint density at radius 1 is 1.29 bits per heavy atom. The molecule has 1 unspecified atom stereocenters. The number of benzene rings is 1. The molecule has 0 saturated heterocycles. The number of halogens is 1. The zero-order valence-corrected chi connectivity index (χ0v) is 9.26. The van der Waals surface area contributed by atoms with Gasteiger partial charge < -0.3 is 9.84 Å². The van der Waals surface area contributed by atoms with E-state index in [1.165, 1.54) is 0 Å². The molecular weight excluding hydrogens is 295 g/mol. The van der Waals surface area contributed by atoms with E-state index in [1.54, 1.807) is 0 Å². The summed E-state index contributed by atoms with van der Waals surface area (Å²) in [4.78, 5) is 11.0. The highest BCUT2D eigenvalue weighted by Gasteiger charge is 2.33. The first kappa shape index (κ1) is 9.51. The van der Waals surface area contributed by atoms with Crippen LogP contribution in [0.4, 0.5) is 0 Å². The summed E-state index contributed by atoms with van der Waals surface area (Å²) in [6.07, 6.45) is -0.440. The van der Waals surface area contributed by atoms with Gasteiger partial charge in [-0.05, 0) is 28.2 Å². The number of cyclic esters (lactones) is 1. The van der Waals surface area contributed by atoms with Gasteiger partial charge in [0.05, 0.1) is 3.58 Å². The van der Waals surface area contributed by atoms with Crippen LogP contribution in [-0.2, 0) is 9.53 Å². The maximum absolute atomic E-state index is 11.0. The van der Waals surface area contributed by atoms with Crippen LogP contribution in [0.25, 0.3) is 0 Å². The highest BCUT2D eigenvalue weighted by molar-refractivity contribution is 14.1. The number of aliphatic hydroxyl groups is 1. The molecule has 0 aromatic heterocycles. The van der Waals surface area contributed by atoms with E-state index in [2.05, 4.69) is 0 Å². The molecule has 0 saturated carbocycles. The Bertz CT molecular complexity index is 397. The molecule has 1 heterocycles. The zero-order chi connectivity index (χ0) is 10.1. The molecule has 1 aliphatic heterocycles. The van der Waals surface area contributed by atoms with Crippen LogP contribution in [0.2, 0.25) is 0 Å². The van der Waals surface area contributed by atoms with Gasteiger partial charge >= 0.3 is 5.97 Å². The van der Waals surface area contributed by atoms with Gasteiger partial charge in [0.25, 0.3) is 0 Å². The lowest BCUT2D eigenvalue weighted by atomic mass is 10.1. The molecule has 1 aromatic rings. The van der Waals surface area contributed by atoms with E-state index in [1.807, 2.05) is 52.9 Å². The van der Waals surface area contributed by atoms with Crippen molar-refractivity contribution in [2.24, 2.45) is 0 Å². The number of esters is 1. The van der Waals surface area contributed by atoms with Gasteiger partial charge in [-0.3, -0.25) is 0 Å². The predicted octanol–water partition coefficient (Wildman–Crippen LogP) is 2.49. The molecule has 14 heavy (non-hydrogen) atoms. The Labute approximate surface area is 94.5 Å². The van der Waals surface area contributed by atoms with Crippen LogP contribution in [0.3, 0.4) is 0 Å². The second kappa shape index (κ2) is 3.61. The molecule has 1 atom stereocenters. The standard InChI is InChI=1S/C10H7IO3/c11-7-8(12)10(13)14-9(7)6-4-2-1-3-5-6/h1-5,9,12H. The first-order valence-corrected chi connectivity index (χ1v) is 5.12. The molecular formula is C10H7IO3. The third-order valence-corrected chi connectivity index (χ3v) is 3.05. The van der Waals surface area contributed by atoms with Crippen LogP contribution < -0.4 is 0 Å². The lowest BCUT2D eigenvalue weighted by Crippen LogP contribution is -2.02. The number of ether oxygens (including phenoxy) is 1. The van der Waals surface area contributed by atoms with Crippen LogP contribution in [0.1, 0.15) is 11.7 Å². The molecule has 3 nitrogen and oxygen atoms in total. The van der Waals surface area contributed by atoms with E-state index in [4.69, 9.17) is 4.74 Å². The van der Waals surface area contributed by atoms with E-state index >= 15 is 0 Å². The first-order chi connectivity index (χ1) is 6.70. The van der Waals surface area contributed by atoms with Gasteiger partial charge in [-0.25, -0.2) is 4.79 Å². The van der Waals surface area contributed by atoms with Gasteiger partial charge in [-0.15, -0.1) is 0 Å². The monoisotopic (exact) mass is 302 g/mol. The average molecular weight is 302 g/mol. The Hall–Kier alpha value is -1.04. The molecule has 0 bridgehead atoms. The summed E-state index contributed by atoms with van der Waals surface area (Å²) >= 11 is 1.92. The topological polar surface area (TPSA) is 46.5 Å². The van der Waals surface area contributed by atoms with Crippen molar-refractivity contribution in [3.05, 3.63) is 45.2 Å². The molecule has 1 aliphatic rings. The highest BCUT2D eigenvalue weighted by atomic mass is 127. The average Bonchev–Trinajstić information content (AvgIpc) is 2.47. The Morgan fingerprint density at radius 3 is 2.43 bits per heavy atom. The predicted molar refractivity (Wildman–Crippen MR) is 58.9 cm³/mol. The number of hydrogen-bond donors (Lipinski definition) is 1. The third-order valence-electron chi connectivity index (χ3n) is 1.98. The molecule has 0 amide bonds. The maximum atomic E-state index is 11.0. The van der Waals surface area contributed by atoms with Gasteiger partial charge in [0.1, 0.15) is 0 Å². The van der Waals surface area contributed by atoms with E-state index in [-0.39, 0.29) is 5.76 Å². The van der Waals surface area contributed by atoms with Crippen LogP contribution in [0, 0.1) is 0 Å². The molecule has 1 N–H and O–H groups in total. The number of carbonyl (C=O) groups is 1. The summed E-state index contributed by atoms with van der Waals surface area (Å²) in [6.45, 7) is 0. The Kier molecular flexibility index (Phi) is 2.45. The van der Waals surface area contributed by atoms with Crippen LogP contribution in [-0.4, -0.2) is 11.1 Å². The van der Waals surface area contributed by atoms with Crippen molar-refractivity contribution in [1.82, 2.24) is 0 Å². The van der Waals surface area contributed by atoms with Crippen LogP contribution in [0.15, 0.2) is 39.7 Å². The summed E-state index contributed by atoms with van der Waals surface area (Å²) in [6, 6.07) is 9.33. The van der Waals surface area contributed by atoms with Crippen molar-refractivity contribution in [3.63, 3.8) is 0 Å². The molecule has 4 heteroatoms. The lowest BCUT2D eigenvalue weighted by Gasteiger charge is -2.09. The van der Waals surface area contributed by atoms with Crippen molar-refractivity contribution < 1.29 is 14.6 Å². The molecule has 0 aliphatic carbocycles. The zero-order valence-electron chi connectivity index (χ0n) is 7.11. The SMILES string of the molecule is O=C1OC(c2ccccc2)C(I)=C1O. The minimum Gasteiger partial charge on any atom is -0.501 e. The second-order valence-electron chi connectivity index (χ2n) is 2.89. The fourth-order valence-electron chi connectivity index (χ4n) is 1.28. The summed E-state index contributed by atoms with van der Waals surface area (Å²) in [5.41, 5.74) is 0.870. The second-order valence-corrected chi connectivity index (χ2v) is 4.05. The number of rotatable bonds is 1. The van der Waals surface area contributed by atoms with E-state index < -0.39 is 12.1 Å². The fraction of sp³-hybridized carbons (Fsp3) is 0.100. The summed E-state index contributed by atoms with van der Waals surface area (Å²) in [7, 11) is 0. The molecule has 0 spiro atoms. The van der Waals surface area contributed by atoms with E-state index in [0.717, 1.165) is 5.56 Å². The Morgan fingerprint density at radius 2 is 1.93 bits per heavy atom. The summed E-state index contributed by atoms with van der Waals surface area (Å²) in [5, 5.41) is 9.30. The quantitative estimate of drug-likeness (QED) is 0.640. The molecule has 72 valence electrons. The highest BCUT2D eigenvalue weighted by Crippen LogP contribution is 2.37. The number of aliphatic hydroxyl groups excluding tert-OH is 1. The minimum atomic E-state index is -0.650. The van der Waals surface area contributed by atoms with Gasteiger partial charge in [0, 0.05) is 0 Å². The summed E-state index contributed by atoms with van der Waals surface area (Å²) < 4.78 is 5.54. The van der Waals surface area contributed by atoms with Crippen LogP contribution in [0.5, 0.6) is 0 Å². The minimum absolute atomic E-state index is 0.278. The normalized spacial score (nSPS) is 21.2. The number of hydrogen-bond acceptors (Lipinski definition) is 3. The van der Waals surface area contributed by atoms with Gasteiger partial charge in [-0.2, -0.15) is 0 Å². The van der Waals surface area contributed by atoms with Gasteiger partial charge in [0.2, 0.25) is 5.76 Å². The maximum Gasteiger partial charge on any atom is 0.375 e. The molecule has 0 radical (unpaired) electrons. The molecule has 0 fully saturated rings. The van der Waals surface area contributed by atoms with E-state index in [9.17, 15) is 9.90 Å². The van der Waals surface area contributed by atoms with E-state index in [0.29, 0.717) is 3.58 Å². The van der Waals surface area contributed by atoms with Gasteiger partial charge in [0.15, 0.2) is 6.10 Å². The summed E-state index contributed by atoms with van der Waals surface area (Å²) in [5.74, 6) is -0.928. The smallest absolute Gasteiger partial charge is 0.375 e. The fourth-order valence-corrected chi connectivity index (χ4v) is 1.99. The van der Waals surface area contributed by atoms with Crippen LogP contribution >= 0.6 is 22.6 Å². The van der Waals surface area contributed by atoms with Crippen molar-refractivity contribution in [1.29, 1.82) is 0 Å². The molecule has 2 rings (SSSR count). The number of carbonyl (C=O) groups excluding carboxylic acids is 1.